The summed E-state index contributed by atoms with van der Waals surface area (Å²) in [6, 6.07) is 17.1. The fraction of sp³-hybridized carbons (Fsp3) is 0.190. The monoisotopic (exact) mass is 441 g/mol. The van der Waals surface area contributed by atoms with E-state index >= 15 is 0 Å². The quantitative estimate of drug-likeness (QED) is 0.600. The summed E-state index contributed by atoms with van der Waals surface area (Å²) in [5.41, 5.74) is 2.08. The van der Waals surface area contributed by atoms with Gasteiger partial charge in [-0.05, 0) is 29.8 Å². The second-order valence-corrected chi connectivity index (χ2v) is 7.47. The molecule has 3 rings (SSSR count). The van der Waals surface area contributed by atoms with Crippen LogP contribution in [0, 0.1) is 5.92 Å². The first-order chi connectivity index (χ1) is 13.4. The number of benzene rings is 2. The first-order valence-corrected chi connectivity index (χ1v) is 9.59. The number of carbonyl (C=O) groups excluding carboxylic acids is 1. The Kier molecular flexibility index (Phi) is 6.26. The third kappa shape index (κ3) is 4.86. The smallest absolute Gasteiger partial charge is 0.308 e. The van der Waals surface area contributed by atoms with Crippen LogP contribution in [0.1, 0.15) is 23.0 Å². The highest BCUT2D eigenvalue weighted by atomic mass is 79.9. The van der Waals surface area contributed by atoms with E-state index in [-0.39, 0.29) is 18.1 Å². The van der Waals surface area contributed by atoms with Crippen LogP contribution in [0.5, 0.6) is 0 Å². The van der Waals surface area contributed by atoms with Gasteiger partial charge >= 0.3 is 5.97 Å². The van der Waals surface area contributed by atoms with Crippen LogP contribution < -0.4 is 0 Å². The highest BCUT2D eigenvalue weighted by molar-refractivity contribution is 9.10. The van der Waals surface area contributed by atoms with Gasteiger partial charge in [-0.2, -0.15) is 0 Å². The maximum absolute atomic E-state index is 13.1. The zero-order valence-electron chi connectivity index (χ0n) is 15.3. The number of hydrogen-bond acceptors (Lipinski definition) is 3. The lowest BCUT2D eigenvalue weighted by molar-refractivity contribution is -0.141. The Morgan fingerprint density at radius 1 is 1.14 bits per heavy atom. The molecule has 0 saturated carbocycles. The molecule has 2 aromatic carbocycles. The molecule has 0 aliphatic rings. The highest BCUT2D eigenvalue weighted by Gasteiger charge is 2.23. The molecule has 1 atom stereocenters. The number of amides is 1. The second kappa shape index (κ2) is 8.84. The standard InChI is InChI=1S/C21H20BrN3O3/c1-15(21(27)28)11-24(12-16-5-3-2-4-6-16)20(26)19-13-25(14-23-19)18-9-7-17(22)8-10-18/h2-10,13-15H,11-12H2,1H3,(H,27,28)/t15-/m0/s1. The zero-order chi connectivity index (χ0) is 20.1. The van der Waals surface area contributed by atoms with E-state index in [1.54, 1.807) is 24.0 Å². The SMILES string of the molecule is C[C@@H](CN(Cc1ccccc1)C(=O)c1cn(-c2ccc(Br)cc2)cn1)C(=O)O. The maximum atomic E-state index is 13.1. The molecule has 0 radical (unpaired) electrons. The normalized spacial score (nSPS) is 11.8. The lowest BCUT2D eigenvalue weighted by atomic mass is 10.1. The molecule has 0 bridgehead atoms. The van der Waals surface area contributed by atoms with Crippen LogP contribution in [-0.4, -0.2) is 38.0 Å². The molecule has 0 aliphatic heterocycles. The molecule has 3 aromatic rings. The number of carbonyl (C=O) groups is 2. The Morgan fingerprint density at radius 3 is 2.46 bits per heavy atom. The van der Waals surface area contributed by atoms with Gasteiger partial charge in [0.15, 0.2) is 0 Å². The summed E-state index contributed by atoms with van der Waals surface area (Å²) in [5, 5.41) is 9.26. The van der Waals surface area contributed by atoms with Crippen LogP contribution >= 0.6 is 15.9 Å². The van der Waals surface area contributed by atoms with Crippen LogP contribution in [0.4, 0.5) is 0 Å². The zero-order valence-corrected chi connectivity index (χ0v) is 16.9. The van der Waals surface area contributed by atoms with Crippen molar-refractivity contribution < 1.29 is 14.7 Å². The van der Waals surface area contributed by atoms with Crippen LogP contribution in [0.15, 0.2) is 71.6 Å². The van der Waals surface area contributed by atoms with Crippen molar-refractivity contribution in [2.75, 3.05) is 6.54 Å². The van der Waals surface area contributed by atoms with Crippen molar-refractivity contribution in [2.45, 2.75) is 13.5 Å². The predicted octanol–water partition coefficient (Wildman–Crippen LogP) is 4.00. The average molecular weight is 442 g/mol. The van der Waals surface area contributed by atoms with E-state index < -0.39 is 11.9 Å². The molecule has 1 N–H and O–H groups in total. The molecule has 1 aromatic heterocycles. The Bertz CT molecular complexity index is 955. The van der Waals surface area contributed by atoms with Gasteiger partial charge in [0.05, 0.1) is 5.92 Å². The van der Waals surface area contributed by atoms with Gasteiger partial charge in [0.25, 0.3) is 5.91 Å². The van der Waals surface area contributed by atoms with Gasteiger partial charge in [-0.3, -0.25) is 9.59 Å². The van der Waals surface area contributed by atoms with Crippen LogP contribution in [0.25, 0.3) is 5.69 Å². The molecule has 28 heavy (non-hydrogen) atoms. The van der Waals surface area contributed by atoms with Crippen molar-refractivity contribution >= 4 is 27.8 Å². The minimum absolute atomic E-state index is 0.105. The van der Waals surface area contributed by atoms with Gasteiger partial charge in [-0.1, -0.05) is 53.2 Å². The van der Waals surface area contributed by atoms with Crippen molar-refractivity contribution in [3.8, 4) is 5.69 Å². The molecule has 0 aliphatic carbocycles. The average Bonchev–Trinajstić information content (AvgIpc) is 3.18. The van der Waals surface area contributed by atoms with Crippen molar-refractivity contribution in [1.82, 2.24) is 14.5 Å². The van der Waals surface area contributed by atoms with E-state index in [0.29, 0.717) is 6.54 Å². The third-order valence-corrected chi connectivity index (χ3v) is 4.87. The fourth-order valence-electron chi connectivity index (χ4n) is 2.78. The summed E-state index contributed by atoms with van der Waals surface area (Å²) in [6.45, 7) is 2.02. The van der Waals surface area contributed by atoms with Gasteiger partial charge in [0.2, 0.25) is 0 Å². The summed E-state index contributed by atoms with van der Waals surface area (Å²) < 4.78 is 2.73. The second-order valence-electron chi connectivity index (χ2n) is 6.55. The minimum atomic E-state index is -0.939. The number of aromatic nitrogens is 2. The molecule has 0 spiro atoms. The molecular formula is C21H20BrN3O3. The summed E-state index contributed by atoms with van der Waals surface area (Å²) in [7, 11) is 0. The highest BCUT2D eigenvalue weighted by Crippen LogP contribution is 2.16. The number of nitrogens with zero attached hydrogens (tertiary/aromatic N) is 3. The van der Waals surface area contributed by atoms with E-state index in [0.717, 1.165) is 15.7 Å². The minimum Gasteiger partial charge on any atom is -0.481 e. The van der Waals surface area contributed by atoms with Crippen LogP contribution in [0.3, 0.4) is 0 Å². The summed E-state index contributed by atoms with van der Waals surface area (Å²) in [4.78, 5) is 30.1. The van der Waals surface area contributed by atoms with Crippen LogP contribution in [0.2, 0.25) is 0 Å². The largest absolute Gasteiger partial charge is 0.481 e. The van der Waals surface area contributed by atoms with E-state index in [1.807, 2.05) is 54.6 Å². The molecule has 7 heteroatoms. The summed E-state index contributed by atoms with van der Waals surface area (Å²) >= 11 is 3.40. The Hall–Kier alpha value is -2.93. The molecule has 1 heterocycles. The van der Waals surface area contributed by atoms with E-state index in [1.165, 1.54) is 4.90 Å². The van der Waals surface area contributed by atoms with Gasteiger partial charge in [-0.15, -0.1) is 0 Å². The van der Waals surface area contributed by atoms with Crippen molar-refractivity contribution in [1.29, 1.82) is 0 Å². The van der Waals surface area contributed by atoms with Crippen LogP contribution in [-0.2, 0) is 11.3 Å². The molecular weight excluding hydrogens is 422 g/mol. The number of carboxylic acid groups (broad SMARTS) is 1. The van der Waals surface area contributed by atoms with Gasteiger partial charge in [0.1, 0.15) is 12.0 Å². The third-order valence-electron chi connectivity index (χ3n) is 4.35. The van der Waals surface area contributed by atoms with Crippen molar-refractivity contribution in [3.63, 3.8) is 0 Å². The Balaban J connectivity index is 1.83. The first kappa shape index (κ1) is 19.8. The number of halogens is 1. The fourth-order valence-corrected chi connectivity index (χ4v) is 3.05. The lowest BCUT2D eigenvalue weighted by Gasteiger charge is -2.24. The van der Waals surface area contributed by atoms with E-state index in [4.69, 9.17) is 0 Å². The number of aliphatic carboxylic acids is 1. The van der Waals surface area contributed by atoms with Gasteiger partial charge in [0, 0.05) is 29.4 Å². The number of carboxylic acids is 1. The number of hydrogen-bond donors (Lipinski definition) is 1. The molecule has 1 amide bonds. The number of imidazole rings is 1. The number of rotatable bonds is 7. The maximum Gasteiger partial charge on any atom is 0.308 e. The summed E-state index contributed by atoms with van der Waals surface area (Å²) in [5.74, 6) is -1.92. The molecule has 0 fully saturated rings. The van der Waals surface area contributed by atoms with E-state index in [2.05, 4.69) is 20.9 Å². The molecule has 6 nitrogen and oxygen atoms in total. The Morgan fingerprint density at radius 2 is 1.82 bits per heavy atom. The van der Waals surface area contributed by atoms with Crippen molar-refractivity contribution in [2.24, 2.45) is 5.92 Å². The Labute approximate surface area is 171 Å². The van der Waals surface area contributed by atoms with Crippen molar-refractivity contribution in [3.05, 3.63) is 82.9 Å². The van der Waals surface area contributed by atoms with E-state index in [9.17, 15) is 14.7 Å². The molecule has 144 valence electrons. The molecule has 0 unspecified atom stereocenters. The summed E-state index contributed by atoms with van der Waals surface area (Å²) in [6.07, 6.45) is 3.24. The first-order valence-electron chi connectivity index (χ1n) is 8.80. The van der Waals surface area contributed by atoms with Gasteiger partial charge in [-0.25, -0.2) is 4.98 Å². The predicted molar refractivity (Wildman–Crippen MR) is 109 cm³/mol. The lowest BCUT2D eigenvalue weighted by Crippen LogP contribution is -2.36. The topological polar surface area (TPSA) is 75.4 Å². The molecule has 0 saturated heterocycles. The van der Waals surface area contributed by atoms with Gasteiger partial charge < -0.3 is 14.6 Å².